The van der Waals surface area contributed by atoms with Gasteiger partial charge in [-0.15, -0.1) is 0 Å². The Hall–Kier alpha value is -3.63. The number of aromatic amines is 1. The van der Waals surface area contributed by atoms with E-state index < -0.39 is 0 Å². The van der Waals surface area contributed by atoms with E-state index in [9.17, 15) is 4.79 Å². The lowest BCUT2D eigenvalue weighted by molar-refractivity contribution is -0.122. The maximum atomic E-state index is 12.4. The lowest BCUT2D eigenvalue weighted by Crippen LogP contribution is -2.34. The number of H-pyrrole nitrogens is 1. The van der Waals surface area contributed by atoms with Gasteiger partial charge in [0.25, 0.3) is 0 Å². The Morgan fingerprint density at radius 1 is 1.14 bits per heavy atom. The van der Waals surface area contributed by atoms with Crippen LogP contribution >= 0.6 is 0 Å². The molecular weight excluding hydrogens is 466 g/mol. The van der Waals surface area contributed by atoms with Crippen LogP contribution in [-0.4, -0.2) is 41.4 Å². The van der Waals surface area contributed by atoms with Crippen LogP contribution < -0.4 is 16.2 Å². The zero-order valence-corrected chi connectivity index (χ0v) is 20.8. The Labute approximate surface area is 214 Å². The molecule has 4 unspecified atom stereocenters. The van der Waals surface area contributed by atoms with Gasteiger partial charge < -0.3 is 14.9 Å². The number of aromatic nitrogens is 6. The van der Waals surface area contributed by atoms with Crippen LogP contribution in [-0.2, 0) is 4.79 Å². The summed E-state index contributed by atoms with van der Waals surface area (Å²) in [7, 11) is 0. The zero-order chi connectivity index (χ0) is 24.9. The highest BCUT2D eigenvalue weighted by Crippen LogP contribution is 2.44. The molecule has 4 N–H and O–H groups in total. The van der Waals surface area contributed by atoms with E-state index in [-0.39, 0.29) is 17.9 Å². The van der Waals surface area contributed by atoms with Gasteiger partial charge in [-0.25, -0.2) is 20.4 Å². The molecule has 1 saturated heterocycles. The number of nitrogens with zero attached hydrogens (tertiary/aromatic N) is 5. The first-order valence-corrected chi connectivity index (χ1v) is 13.2. The van der Waals surface area contributed by atoms with Crippen LogP contribution in [0.4, 0.5) is 5.69 Å². The highest BCUT2D eigenvalue weighted by Gasteiger charge is 2.43. The summed E-state index contributed by atoms with van der Waals surface area (Å²) in [6.45, 7) is 1.98. The monoisotopic (exact) mass is 497 g/mol. The van der Waals surface area contributed by atoms with Gasteiger partial charge in [-0.1, -0.05) is 6.42 Å². The molecule has 37 heavy (non-hydrogen) atoms. The number of carbonyl (C=O) groups excluding carboxylic acids is 1. The van der Waals surface area contributed by atoms with Gasteiger partial charge in [-0.3, -0.25) is 15.2 Å². The van der Waals surface area contributed by atoms with Crippen molar-refractivity contribution in [3.63, 3.8) is 0 Å². The van der Waals surface area contributed by atoms with Crippen LogP contribution in [0.1, 0.15) is 67.6 Å². The number of hydrogen-bond donors (Lipinski definition) is 4. The van der Waals surface area contributed by atoms with Crippen molar-refractivity contribution < 1.29 is 4.79 Å². The third-order valence-corrected chi connectivity index (χ3v) is 8.40. The van der Waals surface area contributed by atoms with Gasteiger partial charge in [0.1, 0.15) is 11.3 Å². The lowest BCUT2D eigenvalue weighted by Gasteiger charge is -2.33. The number of hydrogen-bond acceptors (Lipinski definition) is 7. The van der Waals surface area contributed by atoms with E-state index in [0.29, 0.717) is 23.5 Å². The predicted molar refractivity (Wildman–Crippen MR) is 139 cm³/mol. The quantitative estimate of drug-likeness (QED) is 0.331. The molecule has 10 nitrogen and oxygen atoms in total. The van der Waals surface area contributed by atoms with Gasteiger partial charge in [-0.2, -0.15) is 0 Å². The number of pyridine rings is 2. The standard InChI is InChI=1S/C27H31N9O/c1-15-13-36(14-30-15)22-7-8-29-25-24(22)32-26(33-25)23-20-10-17(5-6-21(20)34-35-23)18-9-19(12-28-11-18)31-27(37)16-3-2-4-16/h7-9,11-14,16-17,20-21,23,34-35H,2-6,10H2,1H3,(H,31,37)(H,29,32,33). The molecule has 2 aliphatic carbocycles. The SMILES string of the molecule is Cc1cn(-c2ccnc3nc(C4NNC5CCC(c6cncc(NC(=O)C7CCC7)c6)CC54)[nH]c23)cn1. The number of rotatable bonds is 5. The van der Waals surface area contributed by atoms with E-state index in [4.69, 9.17) is 4.98 Å². The second-order valence-electron chi connectivity index (χ2n) is 10.7. The molecule has 1 aliphatic heterocycles. The molecule has 190 valence electrons. The molecule has 7 rings (SSSR count). The van der Waals surface area contributed by atoms with E-state index in [0.717, 1.165) is 66.9 Å². The molecule has 4 aromatic rings. The fraction of sp³-hybridized carbons (Fsp3) is 0.444. The summed E-state index contributed by atoms with van der Waals surface area (Å²) in [5.41, 5.74) is 12.6. The van der Waals surface area contributed by atoms with Crippen LogP contribution in [0.25, 0.3) is 16.9 Å². The minimum absolute atomic E-state index is 0.0498. The number of fused-ring (bicyclic) bond motifs is 2. The van der Waals surface area contributed by atoms with E-state index in [1.54, 1.807) is 12.4 Å². The smallest absolute Gasteiger partial charge is 0.227 e. The molecule has 4 atom stereocenters. The first-order chi connectivity index (χ1) is 18.1. The topological polar surface area (TPSA) is 125 Å². The van der Waals surface area contributed by atoms with E-state index in [2.05, 4.69) is 42.2 Å². The molecule has 3 aliphatic rings. The minimum atomic E-state index is 0.0498. The summed E-state index contributed by atoms with van der Waals surface area (Å²) in [6, 6.07) is 4.53. The molecule has 0 bridgehead atoms. The number of anilines is 1. The van der Waals surface area contributed by atoms with Crippen LogP contribution in [0.2, 0.25) is 0 Å². The Balaban J connectivity index is 1.12. The van der Waals surface area contributed by atoms with Gasteiger partial charge in [-0.05, 0) is 68.6 Å². The second kappa shape index (κ2) is 9.04. The molecule has 1 amide bonds. The van der Waals surface area contributed by atoms with Crippen molar-refractivity contribution >= 4 is 22.8 Å². The van der Waals surface area contributed by atoms with Crippen molar-refractivity contribution in [2.24, 2.45) is 11.8 Å². The average Bonchev–Trinajstić information content (AvgIpc) is 3.60. The van der Waals surface area contributed by atoms with Crippen molar-refractivity contribution in [3.8, 4) is 5.69 Å². The van der Waals surface area contributed by atoms with Gasteiger partial charge >= 0.3 is 0 Å². The highest BCUT2D eigenvalue weighted by molar-refractivity contribution is 5.92. The number of nitrogens with one attached hydrogen (secondary N) is 4. The van der Waals surface area contributed by atoms with E-state index in [1.807, 2.05) is 36.3 Å². The average molecular weight is 498 g/mol. The molecule has 3 fully saturated rings. The first kappa shape index (κ1) is 22.6. The fourth-order valence-electron chi connectivity index (χ4n) is 6.13. The summed E-state index contributed by atoms with van der Waals surface area (Å²) in [5.74, 6) is 1.93. The Bertz CT molecular complexity index is 1460. The van der Waals surface area contributed by atoms with E-state index in [1.165, 1.54) is 5.56 Å². The maximum absolute atomic E-state index is 12.4. The number of aryl methyl sites for hydroxylation is 1. The zero-order valence-electron chi connectivity index (χ0n) is 20.8. The van der Waals surface area contributed by atoms with Crippen LogP contribution in [0.3, 0.4) is 0 Å². The fourth-order valence-corrected chi connectivity index (χ4v) is 6.13. The molecule has 10 heteroatoms. The summed E-state index contributed by atoms with van der Waals surface area (Å²) in [6.07, 6.45) is 15.6. The van der Waals surface area contributed by atoms with Crippen molar-refractivity contribution in [1.29, 1.82) is 0 Å². The molecule has 5 heterocycles. The van der Waals surface area contributed by atoms with Crippen molar-refractivity contribution in [2.75, 3.05) is 5.32 Å². The number of hydrazine groups is 1. The summed E-state index contributed by atoms with van der Waals surface area (Å²) < 4.78 is 2.00. The van der Waals surface area contributed by atoms with Gasteiger partial charge in [0.2, 0.25) is 5.91 Å². The summed E-state index contributed by atoms with van der Waals surface area (Å²) in [5, 5.41) is 3.08. The lowest BCUT2D eigenvalue weighted by atomic mass is 9.73. The summed E-state index contributed by atoms with van der Waals surface area (Å²) in [4.78, 5) is 34.3. The predicted octanol–water partition coefficient (Wildman–Crippen LogP) is 3.69. The Morgan fingerprint density at radius 2 is 2.05 bits per heavy atom. The first-order valence-electron chi connectivity index (χ1n) is 13.2. The summed E-state index contributed by atoms with van der Waals surface area (Å²) >= 11 is 0. The molecule has 2 saturated carbocycles. The molecule has 0 spiro atoms. The normalized spacial score (nSPS) is 25.6. The number of amides is 1. The van der Waals surface area contributed by atoms with Crippen LogP contribution in [0.15, 0.2) is 43.2 Å². The van der Waals surface area contributed by atoms with Crippen LogP contribution in [0.5, 0.6) is 0 Å². The van der Waals surface area contributed by atoms with Crippen LogP contribution in [0, 0.1) is 18.8 Å². The van der Waals surface area contributed by atoms with E-state index >= 15 is 0 Å². The van der Waals surface area contributed by atoms with Gasteiger partial charge in [0.05, 0.1) is 35.6 Å². The molecule has 0 radical (unpaired) electrons. The second-order valence-corrected chi connectivity index (χ2v) is 10.7. The molecule has 0 aromatic carbocycles. The number of carbonyl (C=O) groups is 1. The maximum Gasteiger partial charge on any atom is 0.227 e. The van der Waals surface area contributed by atoms with Crippen molar-refractivity contribution in [1.82, 2.24) is 40.3 Å². The highest BCUT2D eigenvalue weighted by atomic mass is 16.1. The number of imidazole rings is 2. The largest absolute Gasteiger partial charge is 0.337 e. The van der Waals surface area contributed by atoms with Gasteiger partial charge in [0.15, 0.2) is 5.65 Å². The molecule has 4 aromatic heterocycles. The van der Waals surface area contributed by atoms with Gasteiger partial charge in [0, 0.05) is 30.6 Å². The van der Waals surface area contributed by atoms with Crippen molar-refractivity contribution in [2.45, 2.75) is 63.5 Å². The molecular formula is C27H31N9O. The Morgan fingerprint density at radius 3 is 2.86 bits per heavy atom. The minimum Gasteiger partial charge on any atom is -0.337 e. The van der Waals surface area contributed by atoms with Crippen molar-refractivity contribution in [3.05, 3.63) is 60.3 Å². The third kappa shape index (κ3) is 4.10. The Kier molecular flexibility index (Phi) is 5.51. The third-order valence-electron chi connectivity index (χ3n) is 8.40.